The van der Waals surface area contributed by atoms with Crippen molar-refractivity contribution < 1.29 is 4.42 Å². The van der Waals surface area contributed by atoms with Crippen molar-refractivity contribution in [3.63, 3.8) is 0 Å². The normalized spacial score (nSPS) is 14.6. The van der Waals surface area contributed by atoms with Crippen LogP contribution in [0, 0.1) is 0 Å². The fourth-order valence-corrected chi connectivity index (χ4v) is 4.97. The molecule has 0 radical (unpaired) electrons. The number of aryl methyl sites for hydroxylation is 1. The van der Waals surface area contributed by atoms with Crippen LogP contribution in [0.2, 0.25) is 10.0 Å². The van der Waals surface area contributed by atoms with Crippen molar-refractivity contribution >= 4 is 40.3 Å². The highest BCUT2D eigenvalue weighted by molar-refractivity contribution is 6.42. The molecule has 14 heteroatoms. The Kier molecular flexibility index (Phi) is 7.57. The number of aromatic nitrogens is 6. The van der Waals surface area contributed by atoms with Crippen LogP contribution in [0.15, 0.2) is 32.2 Å². The van der Waals surface area contributed by atoms with E-state index in [0.717, 1.165) is 50.1 Å². The lowest BCUT2D eigenvalue weighted by molar-refractivity contribution is 0.252. The summed E-state index contributed by atoms with van der Waals surface area (Å²) in [6, 6.07) is 5.05. The standard InChI is InChI=1S/C24H29Cl2N9O3/c1-31-20-19(22(36)32(2)24(31)37)35(23(28-20)34-11-9-33(10-12-34)8-4-3-7-27)14-18-29-30-21(38-18)15-5-6-16(25)17(26)13-15/h5-6,13H,3-4,7-12,14,27H2,1-2H3. The van der Waals surface area contributed by atoms with Crippen LogP contribution in [-0.2, 0) is 20.6 Å². The van der Waals surface area contributed by atoms with Crippen molar-refractivity contribution in [1.29, 1.82) is 0 Å². The molecule has 0 saturated carbocycles. The van der Waals surface area contributed by atoms with Crippen LogP contribution in [0.3, 0.4) is 0 Å². The first-order chi connectivity index (χ1) is 18.3. The monoisotopic (exact) mass is 561 g/mol. The van der Waals surface area contributed by atoms with Gasteiger partial charge in [-0.25, -0.2) is 4.79 Å². The lowest BCUT2D eigenvalue weighted by Crippen LogP contribution is -2.47. The Hall–Kier alpha value is -3.19. The topological polar surface area (TPSA) is 133 Å². The molecule has 1 fully saturated rings. The van der Waals surface area contributed by atoms with E-state index in [9.17, 15) is 9.59 Å². The molecule has 4 heterocycles. The van der Waals surface area contributed by atoms with Gasteiger partial charge < -0.3 is 15.1 Å². The summed E-state index contributed by atoms with van der Waals surface area (Å²) in [5.41, 5.74) is 5.98. The third-order valence-corrected chi connectivity index (χ3v) is 7.58. The average molecular weight is 562 g/mol. The number of unbranched alkanes of at least 4 members (excludes halogenated alkanes) is 1. The number of halogens is 2. The molecule has 0 spiro atoms. The second-order valence-corrected chi connectivity index (χ2v) is 10.1. The zero-order chi connectivity index (χ0) is 27.0. The van der Waals surface area contributed by atoms with Gasteiger partial charge >= 0.3 is 5.69 Å². The predicted molar refractivity (Wildman–Crippen MR) is 146 cm³/mol. The Morgan fingerprint density at radius 3 is 2.47 bits per heavy atom. The second kappa shape index (κ2) is 10.9. The molecule has 0 unspecified atom stereocenters. The van der Waals surface area contributed by atoms with Gasteiger partial charge in [0.25, 0.3) is 5.56 Å². The van der Waals surface area contributed by atoms with E-state index in [4.69, 9.17) is 38.3 Å². The molecule has 12 nitrogen and oxygen atoms in total. The summed E-state index contributed by atoms with van der Waals surface area (Å²) in [5.74, 6) is 1.13. The van der Waals surface area contributed by atoms with E-state index in [2.05, 4.69) is 20.0 Å². The molecule has 0 bridgehead atoms. The Labute approximate surface area is 228 Å². The van der Waals surface area contributed by atoms with Gasteiger partial charge in [0.2, 0.25) is 17.7 Å². The maximum Gasteiger partial charge on any atom is 0.332 e. The third kappa shape index (κ3) is 4.96. The molecule has 4 aromatic rings. The number of anilines is 1. The second-order valence-electron chi connectivity index (χ2n) is 9.33. The number of piperazine rings is 1. The van der Waals surface area contributed by atoms with Crippen LogP contribution >= 0.6 is 23.2 Å². The number of hydrogen-bond acceptors (Lipinski definition) is 9. The Morgan fingerprint density at radius 2 is 1.76 bits per heavy atom. The first kappa shape index (κ1) is 26.4. The van der Waals surface area contributed by atoms with Crippen LogP contribution in [-0.4, -0.2) is 73.1 Å². The molecule has 0 aliphatic carbocycles. The van der Waals surface area contributed by atoms with Crippen molar-refractivity contribution in [2.45, 2.75) is 19.4 Å². The summed E-state index contributed by atoms with van der Waals surface area (Å²) in [5, 5.41) is 9.16. The third-order valence-electron chi connectivity index (χ3n) is 6.84. The van der Waals surface area contributed by atoms with E-state index in [1.807, 2.05) is 0 Å². The number of fused-ring (bicyclic) bond motifs is 1. The van der Waals surface area contributed by atoms with Gasteiger partial charge in [-0.05, 0) is 44.1 Å². The molecule has 38 heavy (non-hydrogen) atoms. The Balaban J connectivity index is 1.51. The molecule has 1 aliphatic heterocycles. The number of imidazole rings is 1. The van der Waals surface area contributed by atoms with Gasteiger partial charge in [-0.1, -0.05) is 23.2 Å². The lowest BCUT2D eigenvalue weighted by atomic mass is 10.2. The van der Waals surface area contributed by atoms with E-state index in [-0.39, 0.29) is 18.3 Å². The van der Waals surface area contributed by atoms with Crippen LogP contribution in [0.5, 0.6) is 0 Å². The SMILES string of the molecule is Cn1c(=O)c2c(nc(N3CCN(CCCCN)CC3)n2Cc2nnc(-c3ccc(Cl)c(Cl)c3)o2)n(C)c1=O. The highest BCUT2D eigenvalue weighted by atomic mass is 35.5. The van der Waals surface area contributed by atoms with E-state index in [1.165, 1.54) is 11.6 Å². The minimum Gasteiger partial charge on any atom is -0.419 e. The Morgan fingerprint density at radius 1 is 1.00 bits per heavy atom. The van der Waals surface area contributed by atoms with Gasteiger partial charge in [-0.3, -0.25) is 23.4 Å². The molecule has 1 aromatic carbocycles. The zero-order valence-electron chi connectivity index (χ0n) is 21.2. The van der Waals surface area contributed by atoms with Crippen molar-refractivity contribution in [3.8, 4) is 11.5 Å². The quantitative estimate of drug-likeness (QED) is 0.319. The fraction of sp³-hybridized carbons (Fsp3) is 0.458. The summed E-state index contributed by atoms with van der Waals surface area (Å²) in [7, 11) is 3.06. The van der Waals surface area contributed by atoms with Crippen molar-refractivity contribution in [1.82, 2.24) is 33.8 Å². The van der Waals surface area contributed by atoms with Crippen LogP contribution in [0.4, 0.5) is 5.95 Å². The van der Waals surface area contributed by atoms with Gasteiger partial charge in [0.05, 0.1) is 10.0 Å². The molecule has 0 atom stereocenters. The van der Waals surface area contributed by atoms with Crippen LogP contribution < -0.4 is 21.9 Å². The molecule has 202 valence electrons. The minimum absolute atomic E-state index is 0.102. The molecule has 1 aliphatic rings. The summed E-state index contributed by atoms with van der Waals surface area (Å²) < 4.78 is 10.2. The predicted octanol–water partition coefficient (Wildman–Crippen LogP) is 1.70. The van der Waals surface area contributed by atoms with E-state index in [0.29, 0.717) is 39.3 Å². The number of benzene rings is 1. The van der Waals surface area contributed by atoms with Gasteiger partial charge in [-0.15, -0.1) is 10.2 Å². The molecular weight excluding hydrogens is 533 g/mol. The van der Waals surface area contributed by atoms with Crippen molar-refractivity contribution in [2.24, 2.45) is 19.8 Å². The molecule has 0 amide bonds. The maximum atomic E-state index is 13.3. The van der Waals surface area contributed by atoms with Crippen molar-refractivity contribution in [3.05, 3.63) is 55.0 Å². The number of nitrogens with zero attached hydrogens (tertiary/aromatic N) is 8. The smallest absolute Gasteiger partial charge is 0.332 e. The number of nitrogens with two attached hydrogens (primary N) is 1. The van der Waals surface area contributed by atoms with Crippen LogP contribution in [0.25, 0.3) is 22.6 Å². The molecule has 3 aromatic heterocycles. The van der Waals surface area contributed by atoms with Gasteiger partial charge in [0, 0.05) is 45.8 Å². The summed E-state index contributed by atoms with van der Waals surface area (Å²) >= 11 is 12.2. The number of hydrogen-bond donors (Lipinski definition) is 1. The summed E-state index contributed by atoms with van der Waals surface area (Å²) in [6.07, 6.45) is 2.06. The van der Waals surface area contributed by atoms with E-state index in [1.54, 1.807) is 29.8 Å². The molecule has 2 N–H and O–H groups in total. The first-order valence-corrected chi connectivity index (χ1v) is 13.2. The minimum atomic E-state index is -0.442. The Bertz CT molecular complexity index is 1580. The lowest BCUT2D eigenvalue weighted by Gasteiger charge is -2.35. The number of rotatable bonds is 8. The highest BCUT2D eigenvalue weighted by Gasteiger charge is 2.26. The van der Waals surface area contributed by atoms with Gasteiger partial charge in [0.15, 0.2) is 11.2 Å². The molecular formula is C24H29Cl2N9O3. The largest absolute Gasteiger partial charge is 0.419 e. The summed E-state index contributed by atoms with van der Waals surface area (Å²) in [4.78, 5) is 35.2. The van der Waals surface area contributed by atoms with Crippen molar-refractivity contribution in [2.75, 3.05) is 44.2 Å². The maximum absolute atomic E-state index is 13.3. The molecule has 5 rings (SSSR count). The molecule has 1 saturated heterocycles. The van der Waals surface area contributed by atoms with Gasteiger partial charge in [-0.2, -0.15) is 4.98 Å². The average Bonchev–Trinajstić information content (AvgIpc) is 3.54. The zero-order valence-corrected chi connectivity index (χ0v) is 22.7. The first-order valence-electron chi connectivity index (χ1n) is 12.4. The van der Waals surface area contributed by atoms with E-state index >= 15 is 0 Å². The van der Waals surface area contributed by atoms with Gasteiger partial charge in [0.1, 0.15) is 6.54 Å². The fourth-order valence-electron chi connectivity index (χ4n) is 4.68. The van der Waals surface area contributed by atoms with Crippen LogP contribution in [0.1, 0.15) is 18.7 Å². The van der Waals surface area contributed by atoms with E-state index < -0.39 is 11.2 Å². The highest BCUT2D eigenvalue weighted by Crippen LogP contribution is 2.28. The summed E-state index contributed by atoms with van der Waals surface area (Å²) in [6.45, 7) is 4.94.